The van der Waals surface area contributed by atoms with Crippen LogP contribution in [0.3, 0.4) is 0 Å². The van der Waals surface area contributed by atoms with E-state index < -0.39 is 10.0 Å². The second-order valence-corrected chi connectivity index (χ2v) is 9.05. The fraction of sp³-hybridized carbons (Fsp3) is 0.130. The Bertz CT molecular complexity index is 1340. The van der Waals surface area contributed by atoms with Gasteiger partial charge in [0, 0.05) is 31.5 Å². The quantitative estimate of drug-likeness (QED) is 0.464. The topological polar surface area (TPSA) is 87.2 Å². The third kappa shape index (κ3) is 4.75. The molecule has 4 aromatic rings. The minimum absolute atomic E-state index is 0.223. The Hall–Kier alpha value is -3.65. The molecular formula is C23H23N5O2S. The smallest absolute Gasteiger partial charge is 0.261 e. The van der Waals surface area contributed by atoms with Crippen LogP contribution >= 0.6 is 0 Å². The molecule has 0 bridgehead atoms. The highest BCUT2D eigenvalue weighted by Gasteiger charge is 2.15. The number of anilines is 4. The van der Waals surface area contributed by atoms with Crippen molar-refractivity contribution in [1.82, 2.24) is 9.97 Å². The van der Waals surface area contributed by atoms with E-state index in [4.69, 9.17) is 0 Å². The van der Waals surface area contributed by atoms with Crippen LogP contribution in [0.4, 0.5) is 23.0 Å². The van der Waals surface area contributed by atoms with E-state index >= 15 is 0 Å². The van der Waals surface area contributed by atoms with E-state index in [0.717, 1.165) is 22.3 Å². The molecule has 158 valence electrons. The van der Waals surface area contributed by atoms with Crippen LogP contribution in [0.5, 0.6) is 0 Å². The van der Waals surface area contributed by atoms with Gasteiger partial charge in [-0.2, -0.15) is 0 Å². The summed E-state index contributed by atoms with van der Waals surface area (Å²) >= 11 is 0. The van der Waals surface area contributed by atoms with Gasteiger partial charge in [-0.25, -0.2) is 18.4 Å². The average molecular weight is 434 g/mol. The van der Waals surface area contributed by atoms with Crippen LogP contribution in [0.1, 0.15) is 5.82 Å². The minimum atomic E-state index is -3.69. The summed E-state index contributed by atoms with van der Waals surface area (Å²) in [6, 6.07) is 21.6. The molecule has 8 heteroatoms. The lowest BCUT2D eigenvalue weighted by Gasteiger charge is -2.14. The Morgan fingerprint density at radius 3 is 2.19 bits per heavy atom. The van der Waals surface area contributed by atoms with Gasteiger partial charge in [-0.3, -0.25) is 4.72 Å². The van der Waals surface area contributed by atoms with Crippen molar-refractivity contribution in [1.29, 1.82) is 0 Å². The Balaban J connectivity index is 1.51. The number of aromatic nitrogens is 2. The Kier molecular flexibility index (Phi) is 5.48. The second-order valence-electron chi connectivity index (χ2n) is 7.37. The minimum Gasteiger partial charge on any atom is -0.363 e. The van der Waals surface area contributed by atoms with Gasteiger partial charge in [0.1, 0.15) is 17.5 Å². The van der Waals surface area contributed by atoms with Gasteiger partial charge in [0.25, 0.3) is 10.0 Å². The lowest BCUT2D eigenvalue weighted by molar-refractivity contribution is 0.601. The van der Waals surface area contributed by atoms with Crippen LogP contribution in [0.25, 0.3) is 10.8 Å². The lowest BCUT2D eigenvalue weighted by atomic mass is 10.1. The van der Waals surface area contributed by atoms with E-state index in [1.54, 1.807) is 36.4 Å². The molecule has 2 N–H and O–H groups in total. The summed E-state index contributed by atoms with van der Waals surface area (Å²) in [5.74, 6) is 2.13. The number of sulfonamides is 1. The number of nitrogens with zero attached hydrogens (tertiary/aromatic N) is 3. The normalized spacial score (nSPS) is 11.3. The molecule has 7 nitrogen and oxygen atoms in total. The number of rotatable bonds is 6. The van der Waals surface area contributed by atoms with Crippen LogP contribution in [0.15, 0.2) is 77.7 Å². The van der Waals surface area contributed by atoms with Crippen LogP contribution in [-0.2, 0) is 10.0 Å². The second kappa shape index (κ2) is 8.23. The largest absolute Gasteiger partial charge is 0.363 e. The van der Waals surface area contributed by atoms with Crippen molar-refractivity contribution in [3.8, 4) is 0 Å². The van der Waals surface area contributed by atoms with Crippen molar-refractivity contribution < 1.29 is 8.42 Å². The predicted octanol–water partition coefficient (Wildman–Crippen LogP) is 4.55. The van der Waals surface area contributed by atoms with Gasteiger partial charge >= 0.3 is 0 Å². The molecule has 0 spiro atoms. The van der Waals surface area contributed by atoms with Crippen LogP contribution in [0, 0.1) is 6.92 Å². The molecule has 0 atom stereocenters. The summed E-state index contributed by atoms with van der Waals surface area (Å²) in [6.45, 7) is 1.84. The van der Waals surface area contributed by atoms with Crippen molar-refractivity contribution in [2.75, 3.05) is 29.0 Å². The Labute approximate surface area is 181 Å². The summed E-state index contributed by atoms with van der Waals surface area (Å²) in [6.07, 6.45) is 0. The molecule has 0 aliphatic carbocycles. The zero-order valence-electron chi connectivity index (χ0n) is 17.5. The number of hydrogen-bond acceptors (Lipinski definition) is 6. The number of fused-ring (bicyclic) bond motifs is 1. The fourth-order valence-corrected chi connectivity index (χ4v) is 4.26. The number of benzene rings is 3. The van der Waals surface area contributed by atoms with E-state index in [2.05, 4.69) is 20.0 Å². The first-order valence-corrected chi connectivity index (χ1v) is 11.2. The van der Waals surface area contributed by atoms with Crippen molar-refractivity contribution in [3.05, 3.63) is 78.6 Å². The molecule has 0 aliphatic heterocycles. The van der Waals surface area contributed by atoms with Gasteiger partial charge in [-0.1, -0.05) is 30.3 Å². The monoisotopic (exact) mass is 433 g/mol. The highest BCUT2D eigenvalue weighted by atomic mass is 32.2. The average Bonchev–Trinajstić information content (AvgIpc) is 2.74. The molecule has 1 heterocycles. The number of hydrogen-bond donors (Lipinski definition) is 2. The number of nitrogens with one attached hydrogen (secondary N) is 2. The van der Waals surface area contributed by atoms with E-state index in [9.17, 15) is 8.42 Å². The molecular weight excluding hydrogens is 410 g/mol. The van der Waals surface area contributed by atoms with Crippen LogP contribution in [-0.4, -0.2) is 32.5 Å². The van der Waals surface area contributed by atoms with Crippen LogP contribution in [0.2, 0.25) is 0 Å². The van der Waals surface area contributed by atoms with E-state index in [0.29, 0.717) is 17.3 Å². The van der Waals surface area contributed by atoms with Crippen molar-refractivity contribution in [3.63, 3.8) is 0 Å². The zero-order valence-corrected chi connectivity index (χ0v) is 18.3. The summed E-state index contributed by atoms with van der Waals surface area (Å²) < 4.78 is 28.3. The van der Waals surface area contributed by atoms with Gasteiger partial charge in [0.15, 0.2) is 0 Å². The van der Waals surface area contributed by atoms with Gasteiger partial charge < -0.3 is 10.2 Å². The van der Waals surface area contributed by atoms with E-state index in [1.807, 2.05) is 62.3 Å². The molecule has 0 saturated heterocycles. The third-order valence-corrected chi connectivity index (χ3v) is 6.10. The van der Waals surface area contributed by atoms with E-state index in [-0.39, 0.29) is 4.90 Å². The molecule has 0 aliphatic rings. The summed E-state index contributed by atoms with van der Waals surface area (Å²) in [5.41, 5.74) is 1.27. The summed E-state index contributed by atoms with van der Waals surface area (Å²) in [7, 11) is 0.143. The summed E-state index contributed by atoms with van der Waals surface area (Å²) in [4.78, 5) is 10.9. The maximum atomic E-state index is 12.8. The first kappa shape index (κ1) is 20.6. The molecule has 0 radical (unpaired) electrons. The SMILES string of the molecule is Cc1nc(Nc2ccc(NS(=O)(=O)c3ccc4ccccc4c3)cc2)cc(N(C)C)n1. The first-order valence-electron chi connectivity index (χ1n) is 9.72. The van der Waals surface area contributed by atoms with Crippen molar-refractivity contribution >= 4 is 43.8 Å². The molecule has 1 aromatic heterocycles. The highest BCUT2D eigenvalue weighted by molar-refractivity contribution is 7.92. The standard InChI is InChI=1S/C23H23N5O2S/c1-16-24-22(15-23(25-16)28(2)3)26-19-9-11-20(12-10-19)27-31(29,30)21-13-8-17-6-4-5-7-18(17)14-21/h4-15,27H,1-3H3,(H,24,25,26). The highest BCUT2D eigenvalue weighted by Crippen LogP contribution is 2.24. The molecule has 3 aromatic carbocycles. The molecule has 0 amide bonds. The lowest BCUT2D eigenvalue weighted by Crippen LogP contribution is -2.13. The number of aryl methyl sites for hydroxylation is 1. The van der Waals surface area contributed by atoms with Gasteiger partial charge in [0.2, 0.25) is 0 Å². The van der Waals surface area contributed by atoms with Crippen molar-refractivity contribution in [2.45, 2.75) is 11.8 Å². The zero-order chi connectivity index (χ0) is 22.0. The van der Waals surface area contributed by atoms with E-state index in [1.165, 1.54) is 0 Å². The molecule has 4 rings (SSSR count). The van der Waals surface area contributed by atoms with Crippen molar-refractivity contribution in [2.24, 2.45) is 0 Å². The predicted molar refractivity (Wildman–Crippen MR) is 126 cm³/mol. The first-order chi connectivity index (χ1) is 14.8. The maximum Gasteiger partial charge on any atom is 0.261 e. The fourth-order valence-electron chi connectivity index (χ4n) is 3.16. The summed E-state index contributed by atoms with van der Waals surface area (Å²) in [5, 5.41) is 5.10. The van der Waals surface area contributed by atoms with Gasteiger partial charge in [-0.15, -0.1) is 0 Å². The van der Waals surface area contributed by atoms with Crippen LogP contribution < -0.4 is 14.9 Å². The molecule has 0 fully saturated rings. The Morgan fingerprint density at radius 2 is 1.48 bits per heavy atom. The van der Waals surface area contributed by atoms with Gasteiger partial charge in [0.05, 0.1) is 4.90 Å². The molecule has 31 heavy (non-hydrogen) atoms. The van der Waals surface area contributed by atoms with Gasteiger partial charge in [-0.05, 0) is 54.1 Å². The molecule has 0 unspecified atom stereocenters. The third-order valence-electron chi connectivity index (χ3n) is 4.72. The Morgan fingerprint density at radius 1 is 0.806 bits per heavy atom. The maximum absolute atomic E-state index is 12.8. The molecule has 0 saturated carbocycles.